The van der Waals surface area contributed by atoms with Crippen LogP contribution in [0.2, 0.25) is 0 Å². The SMILES string of the molecule is C=CC1C=C(C(O)(C(F)(F)F)C(F)(F)F)C=CC1C. The molecule has 1 nitrogen and oxygen atoms in total. The molecule has 7 heteroatoms. The minimum atomic E-state index is -5.85. The summed E-state index contributed by atoms with van der Waals surface area (Å²) in [4.78, 5) is 0. The number of hydrogen-bond donors (Lipinski definition) is 1. The number of aliphatic hydroxyl groups is 1. The molecular weight excluding hydrogens is 274 g/mol. The van der Waals surface area contributed by atoms with Crippen molar-refractivity contribution < 1.29 is 31.4 Å². The largest absolute Gasteiger partial charge is 0.430 e. The van der Waals surface area contributed by atoms with E-state index >= 15 is 0 Å². The van der Waals surface area contributed by atoms with E-state index in [0.717, 1.165) is 6.08 Å². The van der Waals surface area contributed by atoms with Crippen molar-refractivity contribution in [2.75, 3.05) is 0 Å². The Bertz CT molecular complexity index is 401. The van der Waals surface area contributed by atoms with Crippen molar-refractivity contribution in [2.24, 2.45) is 11.8 Å². The zero-order chi connectivity index (χ0) is 15.1. The van der Waals surface area contributed by atoms with Crippen LogP contribution in [-0.2, 0) is 0 Å². The molecule has 0 fully saturated rings. The molecule has 1 rings (SSSR count). The van der Waals surface area contributed by atoms with E-state index in [9.17, 15) is 31.4 Å². The standard InChI is InChI=1S/C12H12F6O/c1-3-8-6-9(5-4-7(8)2)10(19,11(13,14)15)12(16,17)18/h3-8,19H,1H2,2H3. The van der Waals surface area contributed by atoms with Crippen molar-refractivity contribution in [2.45, 2.75) is 24.9 Å². The van der Waals surface area contributed by atoms with Crippen molar-refractivity contribution in [3.8, 4) is 0 Å². The summed E-state index contributed by atoms with van der Waals surface area (Å²) in [7, 11) is 0. The van der Waals surface area contributed by atoms with Crippen LogP contribution in [0.15, 0.2) is 36.5 Å². The van der Waals surface area contributed by atoms with Gasteiger partial charge in [0.25, 0.3) is 5.60 Å². The number of hydrogen-bond acceptors (Lipinski definition) is 1. The van der Waals surface area contributed by atoms with Gasteiger partial charge < -0.3 is 5.11 Å². The van der Waals surface area contributed by atoms with Crippen molar-refractivity contribution in [3.05, 3.63) is 36.5 Å². The first kappa shape index (κ1) is 15.8. The average Bonchev–Trinajstić information content (AvgIpc) is 2.25. The third-order valence-corrected chi connectivity index (χ3v) is 3.07. The van der Waals surface area contributed by atoms with Crippen LogP contribution in [0.5, 0.6) is 0 Å². The average molecular weight is 286 g/mol. The Kier molecular flexibility index (Phi) is 3.91. The summed E-state index contributed by atoms with van der Waals surface area (Å²) in [6.45, 7) is 4.97. The van der Waals surface area contributed by atoms with Gasteiger partial charge >= 0.3 is 12.4 Å². The molecule has 0 amide bonds. The van der Waals surface area contributed by atoms with Crippen LogP contribution in [0.4, 0.5) is 26.3 Å². The van der Waals surface area contributed by atoms with Gasteiger partial charge in [0.05, 0.1) is 0 Å². The van der Waals surface area contributed by atoms with E-state index in [0.29, 0.717) is 6.08 Å². The zero-order valence-corrected chi connectivity index (χ0v) is 9.89. The van der Waals surface area contributed by atoms with Crippen molar-refractivity contribution in [1.29, 1.82) is 0 Å². The fourth-order valence-electron chi connectivity index (χ4n) is 1.81. The van der Waals surface area contributed by atoms with Gasteiger partial charge in [-0.2, -0.15) is 26.3 Å². The molecule has 2 atom stereocenters. The molecule has 0 heterocycles. The fraction of sp³-hybridized carbons (Fsp3) is 0.500. The predicted octanol–water partition coefficient (Wildman–Crippen LogP) is 3.78. The van der Waals surface area contributed by atoms with Crippen molar-refractivity contribution in [3.63, 3.8) is 0 Å². The van der Waals surface area contributed by atoms with Crippen LogP contribution in [-0.4, -0.2) is 23.1 Å². The molecule has 19 heavy (non-hydrogen) atoms. The normalized spacial score (nSPS) is 25.2. The Morgan fingerprint density at radius 3 is 2.00 bits per heavy atom. The summed E-state index contributed by atoms with van der Waals surface area (Å²) in [6, 6.07) is 0. The van der Waals surface area contributed by atoms with Crippen molar-refractivity contribution in [1.82, 2.24) is 0 Å². The Labute approximate surface area is 105 Å². The molecular formula is C12H12F6O. The number of rotatable bonds is 2. The number of halogens is 6. The minimum absolute atomic E-state index is 0.285. The van der Waals surface area contributed by atoms with Crippen LogP contribution in [0.1, 0.15) is 6.92 Å². The third kappa shape index (κ3) is 2.56. The second-order valence-electron chi connectivity index (χ2n) is 4.36. The third-order valence-electron chi connectivity index (χ3n) is 3.07. The van der Waals surface area contributed by atoms with Gasteiger partial charge in [-0.1, -0.05) is 31.2 Å². The molecule has 0 bridgehead atoms. The molecule has 1 aliphatic rings. The summed E-state index contributed by atoms with van der Waals surface area (Å²) in [5.74, 6) is -0.983. The molecule has 1 aliphatic carbocycles. The Morgan fingerprint density at radius 1 is 1.16 bits per heavy atom. The Morgan fingerprint density at radius 2 is 1.63 bits per heavy atom. The monoisotopic (exact) mass is 286 g/mol. The van der Waals surface area contributed by atoms with E-state index in [4.69, 9.17) is 0 Å². The fourth-order valence-corrected chi connectivity index (χ4v) is 1.81. The summed E-state index contributed by atoms with van der Waals surface area (Å²) in [6.07, 6.45) is -7.88. The predicted molar refractivity (Wildman–Crippen MR) is 57.1 cm³/mol. The lowest BCUT2D eigenvalue weighted by molar-refractivity contribution is -0.351. The van der Waals surface area contributed by atoms with Gasteiger partial charge in [-0.05, 0) is 11.5 Å². The van der Waals surface area contributed by atoms with Crippen LogP contribution >= 0.6 is 0 Å². The molecule has 1 N–H and O–H groups in total. The van der Waals surface area contributed by atoms with Gasteiger partial charge in [0.15, 0.2) is 0 Å². The molecule has 0 aromatic heterocycles. The molecule has 0 radical (unpaired) electrons. The molecule has 0 saturated heterocycles. The second-order valence-corrected chi connectivity index (χ2v) is 4.36. The maximum atomic E-state index is 12.6. The van der Waals surface area contributed by atoms with Gasteiger partial charge in [-0.15, -0.1) is 6.58 Å². The van der Waals surface area contributed by atoms with E-state index in [1.165, 1.54) is 12.2 Å². The molecule has 0 aromatic carbocycles. The number of allylic oxidation sites excluding steroid dienone is 3. The summed E-state index contributed by atoms with van der Waals surface area (Å²) in [5, 5.41) is 9.20. The maximum Gasteiger partial charge on any atom is 0.430 e. The molecule has 2 unspecified atom stereocenters. The van der Waals surface area contributed by atoms with Crippen LogP contribution in [0.3, 0.4) is 0 Å². The highest BCUT2D eigenvalue weighted by molar-refractivity contribution is 5.38. The van der Waals surface area contributed by atoms with E-state index in [-0.39, 0.29) is 5.92 Å². The van der Waals surface area contributed by atoms with Gasteiger partial charge in [0, 0.05) is 5.92 Å². The van der Waals surface area contributed by atoms with Gasteiger partial charge in [0.1, 0.15) is 0 Å². The quantitative estimate of drug-likeness (QED) is 0.605. The van der Waals surface area contributed by atoms with Crippen LogP contribution in [0.25, 0.3) is 0 Å². The summed E-state index contributed by atoms with van der Waals surface area (Å²) >= 11 is 0. The topological polar surface area (TPSA) is 20.2 Å². The first-order valence-electron chi connectivity index (χ1n) is 5.34. The van der Waals surface area contributed by atoms with Crippen LogP contribution in [0, 0.1) is 11.8 Å². The minimum Gasteiger partial charge on any atom is -0.370 e. The first-order valence-corrected chi connectivity index (χ1v) is 5.34. The zero-order valence-electron chi connectivity index (χ0n) is 9.89. The van der Waals surface area contributed by atoms with Gasteiger partial charge in [-0.25, -0.2) is 0 Å². The number of alkyl halides is 6. The summed E-state index contributed by atoms with van der Waals surface area (Å²) in [5.41, 5.74) is -6.09. The van der Waals surface area contributed by atoms with Crippen LogP contribution < -0.4 is 0 Å². The lowest BCUT2D eigenvalue weighted by atomic mass is 9.80. The van der Waals surface area contributed by atoms with E-state index in [1.54, 1.807) is 6.92 Å². The van der Waals surface area contributed by atoms with Crippen molar-refractivity contribution >= 4 is 0 Å². The molecule has 0 aromatic rings. The Hall–Kier alpha value is -1.24. The summed E-state index contributed by atoms with van der Waals surface area (Å²) < 4.78 is 75.9. The first-order chi connectivity index (χ1) is 8.45. The Balaban J connectivity index is 3.37. The van der Waals surface area contributed by atoms with Gasteiger partial charge in [-0.3, -0.25) is 0 Å². The van der Waals surface area contributed by atoms with E-state index in [1.807, 2.05) is 0 Å². The molecule has 0 saturated carbocycles. The van der Waals surface area contributed by atoms with E-state index in [2.05, 4.69) is 6.58 Å². The van der Waals surface area contributed by atoms with E-state index < -0.39 is 29.4 Å². The smallest absolute Gasteiger partial charge is 0.370 e. The highest BCUT2D eigenvalue weighted by Gasteiger charge is 2.72. The highest BCUT2D eigenvalue weighted by Crippen LogP contribution is 2.49. The molecule has 0 spiro atoms. The van der Waals surface area contributed by atoms with Gasteiger partial charge in [0.2, 0.25) is 0 Å². The lowest BCUT2D eigenvalue weighted by Crippen LogP contribution is -2.58. The lowest BCUT2D eigenvalue weighted by Gasteiger charge is -2.35. The second kappa shape index (κ2) is 4.70. The highest BCUT2D eigenvalue weighted by atomic mass is 19.4. The molecule has 108 valence electrons. The maximum absolute atomic E-state index is 12.6. The molecule has 0 aliphatic heterocycles.